The third-order valence-corrected chi connectivity index (χ3v) is 3.83. The van der Waals surface area contributed by atoms with Gasteiger partial charge in [-0.05, 0) is 6.42 Å². The minimum absolute atomic E-state index is 0.0784. The minimum Gasteiger partial charge on any atom is -0.481 e. The topological polar surface area (TPSA) is 94.9 Å². The first-order chi connectivity index (χ1) is 6.94. The number of carboxylic acid groups (broad SMARTS) is 1. The summed E-state index contributed by atoms with van der Waals surface area (Å²) < 4.78 is 24.3. The highest BCUT2D eigenvalue weighted by atomic mass is 32.2. The molecule has 0 heterocycles. The van der Waals surface area contributed by atoms with Gasteiger partial charge in [0.15, 0.2) is 0 Å². The van der Waals surface area contributed by atoms with E-state index in [0.717, 1.165) is 0 Å². The summed E-state index contributed by atoms with van der Waals surface area (Å²) in [6, 6.07) is 0. The fraction of sp³-hybridized carbons (Fsp3) is 0.875. The summed E-state index contributed by atoms with van der Waals surface area (Å²) in [6.07, 6.45) is -0.0297. The summed E-state index contributed by atoms with van der Waals surface area (Å²) in [4.78, 5) is 10.2. The number of sulfonamides is 1. The van der Waals surface area contributed by atoms with Crippen molar-refractivity contribution in [3.8, 4) is 0 Å². The molecule has 0 fully saturated rings. The van der Waals surface area contributed by atoms with Crippen LogP contribution in [0.1, 0.15) is 19.8 Å². The summed E-state index contributed by atoms with van der Waals surface area (Å²) in [5.74, 6) is -1.52. The largest absolute Gasteiger partial charge is 0.481 e. The van der Waals surface area contributed by atoms with Crippen LogP contribution in [0.3, 0.4) is 0 Å². The van der Waals surface area contributed by atoms with Crippen molar-refractivity contribution in [3.63, 3.8) is 0 Å². The number of aliphatic carboxylic acids is 1. The van der Waals surface area contributed by atoms with Crippen molar-refractivity contribution >= 4 is 16.0 Å². The van der Waals surface area contributed by atoms with Gasteiger partial charge in [-0.3, -0.25) is 4.79 Å². The number of aliphatic hydroxyl groups excluding tert-OH is 1. The van der Waals surface area contributed by atoms with Crippen molar-refractivity contribution in [1.82, 2.24) is 4.31 Å². The molecule has 7 heteroatoms. The van der Waals surface area contributed by atoms with Gasteiger partial charge in [-0.2, -0.15) is 0 Å². The predicted octanol–water partition coefficient (Wildman–Crippen LogP) is -0.505. The third kappa shape index (κ3) is 5.71. The van der Waals surface area contributed by atoms with Crippen LogP contribution in [0.5, 0.6) is 0 Å². The summed E-state index contributed by atoms with van der Waals surface area (Å²) in [7, 11) is -3.50. The Balaban J connectivity index is 4.31. The van der Waals surface area contributed by atoms with E-state index in [0.29, 0.717) is 13.0 Å². The molecule has 0 saturated carbocycles. The van der Waals surface area contributed by atoms with E-state index in [2.05, 4.69) is 0 Å². The first-order valence-electron chi connectivity index (χ1n) is 4.74. The van der Waals surface area contributed by atoms with Gasteiger partial charge in [0.2, 0.25) is 10.0 Å². The molecule has 2 N–H and O–H groups in total. The molecule has 0 amide bonds. The number of nitrogens with zero attached hydrogens (tertiary/aromatic N) is 1. The third-order valence-electron chi connectivity index (χ3n) is 1.89. The van der Waals surface area contributed by atoms with Crippen LogP contribution in [0.15, 0.2) is 0 Å². The normalized spacial score (nSPS) is 11.9. The molecule has 90 valence electrons. The fourth-order valence-corrected chi connectivity index (χ4v) is 2.58. The average Bonchev–Trinajstić information content (AvgIpc) is 2.16. The van der Waals surface area contributed by atoms with E-state index in [1.54, 1.807) is 6.92 Å². The highest BCUT2D eigenvalue weighted by molar-refractivity contribution is 7.89. The van der Waals surface area contributed by atoms with Crippen LogP contribution < -0.4 is 0 Å². The molecule has 0 aliphatic rings. The van der Waals surface area contributed by atoms with Crippen LogP contribution >= 0.6 is 0 Å². The first kappa shape index (κ1) is 14.3. The van der Waals surface area contributed by atoms with Crippen LogP contribution in [0.4, 0.5) is 0 Å². The van der Waals surface area contributed by atoms with E-state index < -0.39 is 22.4 Å². The Morgan fingerprint density at radius 1 is 1.40 bits per heavy atom. The Bertz CT molecular complexity index is 287. The van der Waals surface area contributed by atoms with Crippen molar-refractivity contribution in [2.45, 2.75) is 19.8 Å². The number of hydrogen-bond acceptors (Lipinski definition) is 4. The van der Waals surface area contributed by atoms with Crippen molar-refractivity contribution in [1.29, 1.82) is 0 Å². The molecule has 0 spiro atoms. The lowest BCUT2D eigenvalue weighted by atomic mass is 10.4. The number of carboxylic acids is 1. The Hall–Kier alpha value is -0.660. The molecule has 15 heavy (non-hydrogen) atoms. The molecule has 0 rings (SSSR count). The van der Waals surface area contributed by atoms with E-state index in [9.17, 15) is 13.2 Å². The van der Waals surface area contributed by atoms with Crippen molar-refractivity contribution in [2.24, 2.45) is 0 Å². The molecular formula is C8H17NO5S. The van der Waals surface area contributed by atoms with Crippen LogP contribution in [0.2, 0.25) is 0 Å². The van der Waals surface area contributed by atoms with Crippen molar-refractivity contribution < 1.29 is 23.4 Å². The Labute approximate surface area is 89.6 Å². The molecule has 0 saturated heterocycles. The monoisotopic (exact) mass is 239 g/mol. The molecule has 0 unspecified atom stereocenters. The molecule has 0 aliphatic carbocycles. The molecule has 0 atom stereocenters. The smallest absolute Gasteiger partial charge is 0.304 e. The van der Waals surface area contributed by atoms with Gasteiger partial charge in [0.05, 0.1) is 12.2 Å². The van der Waals surface area contributed by atoms with Gasteiger partial charge >= 0.3 is 5.97 Å². The van der Waals surface area contributed by atoms with Gasteiger partial charge in [0, 0.05) is 19.7 Å². The minimum atomic E-state index is -3.50. The zero-order chi connectivity index (χ0) is 11.9. The molecule has 0 radical (unpaired) electrons. The lowest BCUT2D eigenvalue weighted by molar-refractivity contribution is -0.136. The average molecular weight is 239 g/mol. The van der Waals surface area contributed by atoms with E-state index in [4.69, 9.17) is 10.2 Å². The van der Waals surface area contributed by atoms with Gasteiger partial charge in [-0.25, -0.2) is 12.7 Å². The van der Waals surface area contributed by atoms with Gasteiger partial charge in [0.25, 0.3) is 0 Å². The highest BCUT2D eigenvalue weighted by Crippen LogP contribution is 2.04. The fourth-order valence-electron chi connectivity index (χ4n) is 1.09. The zero-order valence-electron chi connectivity index (χ0n) is 8.72. The Kier molecular flexibility index (Phi) is 6.46. The van der Waals surface area contributed by atoms with Crippen molar-refractivity contribution in [3.05, 3.63) is 0 Å². The SMILES string of the molecule is CCN(CCCO)S(=O)(=O)CCC(=O)O. The van der Waals surface area contributed by atoms with Crippen molar-refractivity contribution in [2.75, 3.05) is 25.4 Å². The van der Waals surface area contributed by atoms with E-state index in [-0.39, 0.29) is 18.9 Å². The number of aliphatic hydroxyl groups is 1. The summed E-state index contributed by atoms with van der Waals surface area (Å²) in [5.41, 5.74) is 0. The molecule has 0 aliphatic heterocycles. The second-order valence-electron chi connectivity index (χ2n) is 3.03. The van der Waals surface area contributed by atoms with E-state index in [1.165, 1.54) is 4.31 Å². The molecule has 0 aromatic heterocycles. The summed E-state index contributed by atoms with van der Waals surface area (Å²) in [6.45, 7) is 2.12. The molecule has 0 bridgehead atoms. The Morgan fingerprint density at radius 3 is 2.40 bits per heavy atom. The lowest BCUT2D eigenvalue weighted by Gasteiger charge is -2.19. The lowest BCUT2D eigenvalue weighted by Crippen LogP contribution is -2.34. The maximum Gasteiger partial charge on any atom is 0.304 e. The molecule has 6 nitrogen and oxygen atoms in total. The van der Waals surface area contributed by atoms with Gasteiger partial charge in [0.1, 0.15) is 0 Å². The van der Waals surface area contributed by atoms with Gasteiger partial charge in [-0.1, -0.05) is 6.92 Å². The quantitative estimate of drug-likeness (QED) is 0.595. The zero-order valence-corrected chi connectivity index (χ0v) is 9.53. The van der Waals surface area contributed by atoms with E-state index in [1.807, 2.05) is 0 Å². The highest BCUT2D eigenvalue weighted by Gasteiger charge is 2.20. The standard InChI is InChI=1S/C8H17NO5S/c1-2-9(5-3-6-10)15(13,14)7-4-8(11)12/h10H,2-7H2,1H3,(H,11,12). The Morgan fingerprint density at radius 2 is 2.00 bits per heavy atom. The molecular weight excluding hydrogens is 222 g/mol. The maximum absolute atomic E-state index is 11.6. The van der Waals surface area contributed by atoms with Crippen LogP contribution in [0, 0.1) is 0 Å². The number of hydrogen-bond donors (Lipinski definition) is 2. The van der Waals surface area contributed by atoms with Crippen LogP contribution in [-0.2, 0) is 14.8 Å². The second-order valence-corrected chi connectivity index (χ2v) is 5.12. The van der Waals surface area contributed by atoms with Gasteiger partial charge < -0.3 is 10.2 Å². The van der Waals surface area contributed by atoms with Gasteiger partial charge in [-0.15, -0.1) is 0 Å². The molecule has 0 aromatic carbocycles. The molecule has 0 aromatic rings. The predicted molar refractivity (Wildman–Crippen MR) is 55.0 cm³/mol. The van der Waals surface area contributed by atoms with Crippen LogP contribution in [-0.4, -0.2) is 54.4 Å². The maximum atomic E-state index is 11.6. The number of rotatable bonds is 8. The first-order valence-corrected chi connectivity index (χ1v) is 6.35. The summed E-state index contributed by atoms with van der Waals surface area (Å²) in [5, 5.41) is 17.0. The second kappa shape index (κ2) is 6.76. The number of carbonyl (C=O) groups is 1. The van der Waals surface area contributed by atoms with Crippen LogP contribution in [0.25, 0.3) is 0 Å². The van der Waals surface area contributed by atoms with E-state index >= 15 is 0 Å². The summed E-state index contributed by atoms with van der Waals surface area (Å²) >= 11 is 0.